The minimum absolute atomic E-state index is 0. The second-order valence-electron chi connectivity index (χ2n) is 15.0. The van der Waals surface area contributed by atoms with Crippen molar-refractivity contribution in [3.05, 3.63) is 146 Å². The van der Waals surface area contributed by atoms with Crippen molar-refractivity contribution in [2.75, 3.05) is 0 Å². The van der Waals surface area contributed by atoms with E-state index in [9.17, 15) is 0 Å². The van der Waals surface area contributed by atoms with Gasteiger partial charge in [-0.25, -0.2) is 0 Å². The number of hydrogen-bond donors (Lipinski definition) is 0. The van der Waals surface area contributed by atoms with Gasteiger partial charge in [-0.3, -0.25) is 0 Å². The number of aryl methyl sites for hydroxylation is 2. The SMILES string of the molecule is CCCc1cc2c(-c3ccc(C(C)(C)C)cc3)cccc2[cH-]1.CCCc1cc2c(-c3ccc(C(C)(C)C)cc3)cccc2[cH-]1.C[Si]C.[CH3-].[CH3-].[Zr+4]. The molecule has 0 aliphatic carbocycles. The topological polar surface area (TPSA) is 0 Å². The van der Waals surface area contributed by atoms with Crippen LogP contribution in [0.5, 0.6) is 0 Å². The molecule has 262 valence electrons. The van der Waals surface area contributed by atoms with Crippen LogP contribution >= 0.6 is 0 Å². The van der Waals surface area contributed by atoms with Crippen LogP contribution in [-0.4, -0.2) is 9.52 Å². The third-order valence-electron chi connectivity index (χ3n) is 8.82. The molecule has 0 nitrogen and oxygen atoms in total. The molecule has 0 heterocycles. The molecule has 0 aliphatic rings. The summed E-state index contributed by atoms with van der Waals surface area (Å²) in [7, 11) is 1.08. The second-order valence-corrected chi connectivity index (χ2v) is 16.0. The molecule has 0 fully saturated rings. The molecule has 0 saturated heterocycles. The van der Waals surface area contributed by atoms with Gasteiger partial charge in [-0.1, -0.05) is 153 Å². The van der Waals surface area contributed by atoms with Crippen LogP contribution in [0.25, 0.3) is 43.8 Å². The molecule has 0 aliphatic heterocycles. The third-order valence-corrected chi connectivity index (χ3v) is 8.82. The van der Waals surface area contributed by atoms with E-state index in [0.29, 0.717) is 0 Å². The zero-order valence-electron chi connectivity index (χ0n) is 33.2. The Morgan fingerprint density at radius 3 is 1.12 bits per heavy atom. The van der Waals surface area contributed by atoms with E-state index in [1.807, 2.05) is 0 Å². The molecule has 6 rings (SSSR count). The van der Waals surface area contributed by atoms with E-state index in [-0.39, 0.29) is 51.9 Å². The minimum Gasteiger partial charge on any atom is -0.358 e. The summed E-state index contributed by atoms with van der Waals surface area (Å²) >= 11 is 0. The van der Waals surface area contributed by atoms with Crippen LogP contribution < -0.4 is 0 Å². The summed E-state index contributed by atoms with van der Waals surface area (Å²) in [5, 5.41) is 5.49. The van der Waals surface area contributed by atoms with Gasteiger partial charge >= 0.3 is 26.2 Å². The van der Waals surface area contributed by atoms with Gasteiger partial charge < -0.3 is 14.9 Å². The molecule has 2 heteroatoms. The number of fused-ring (bicyclic) bond motifs is 2. The van der Waals surface area contributed by atoms with E-state index in [1.54, 1.807) is 0 Å². The second kappa shape index (κ2) is 20.3. The smallest absolute Gasteiger partial charge is 0.358 e. The minimum atomic E-state index is 0. The van der Waals surface area contributed by atoms with Crippen LogP contribution in [0.4, 0.5) is 0 Å². The van der Waals surface area contributed by atoms with Crippen LogP contribution in [0, 0.1) is 14.9 Å². The fraction of sp³-hybridized carbons (Fsp3) is 0.333. The van der Waals surface area contributed by atoms with Crippen LogP contribution in [-0.2, 0) is 49.9 Å². The summed E-state index contributed by atoms with van der Waals surface area (Å²) in [6.07, 6.45) is 4.73. The number of benzene rings is 4. The maximum atomic E-state index is 2.37. The van der Waals surface area contributed by atoms with Gasteiger partial charge in [0.15, 0.2) is 0 Å². The van der Waals surface area contributed by atoms with E-state index in [0.717, 1.165) is 22.4 Å². The largest absolute Gasteiger partial charge is 4.00 e. The average molecular weight is 758 g/mol. The summed E-state index contributed by atoms with van der Waals surface area (Å²) in [4.78, 5) is 0. The van der Waals surface area contributed by atoms with Crippen molar-refractivity contribution in [2.24, 2.45) is 0 Å². The molecule has 0 spiro atoms. The normalized spacial score (nSPS) is 10.9. The molecule has 0 amide bonds. The Morgan fingerprint density at radius 1 is 0.520 bits per heavy atom. The van der Waals surface area contributed by atoms with Crippen LogP contribution in [0.2, 0.25) is 13.1 Å². The van der Waals surface area contributed by atoms with Crippen molar-refractivity contribution >= 4 is 31.1 Å². The Hall–Kier alpha value is -2.80. The Morgan fingerprint density at radius 2 is 0.840 bits per heavy atom. The Labute approximate surface area is 328 Å². The number of hydrogen-bond acceptors (Lipinski definition) is 0. The molecule has 0 saturated carbocycles. The quantitative estimate of drug-likeness (QED) is 0.117. The van der Waals surface area contributed by atoms with Crippen molar-refractivity contribution in [3.8, 4) is 22.3 Å². The van der Waals surface area contributed by atoms with Gasteiger partial charge in [-0.15, -0.1) is 69.1 Å². The first-order valence-corrected chi connectivity index (χ1v) is 19.6. The first-order chi connectivity index (χ1) is 22.4. The standard InChI is InChI=1S/2C22H25.C2H6Si.2CH3.Zr/c2*1-5-7-16-14-18-8-6-9-20(21(18)15-16)17-10-12-19(13-11-17)22(2,3)4;1-3-2;;;/h2*6,8-15H,5,7H2,1-4H3;1-2H3;2*1H3;/q2*-1;;2*-1;+4. The van der Waals surface area contributed by atoms with Gasteiger partial charge in [0.1, 0.15) is 0 Å². The molecule has 50 heavy (non-hydrogen) atoms. The van der Waals surface area contributed by atoms with E-state index in [2.05, 4.69) is 178 Å². The first kappa shape index (κ1) is 45.2. The summed E-state index contributed by atoms with van der Waals surface area (Å²) in [6.45, 7) is 22.4. The van der Waals surface area contributed by atoms with Gasteiger partial charge in [0, 0.05) is 9.52 Å². The molecule has 0 N–H and O–H groups in total. The Balaban J connectivity index is 0.000000439. The van der Waals surface area contributed by atoms with Crippen LogP contribution in [0.3, 0.4) is 0 Å². The van der Waals surface area contributed by atoms with E-state index in [4.69, 9.17) is 0 Å². The molecular formula is C48H62SiZr. The summed E-state index contributed by atoms with van der Waals surface area (Å²) in [5.41, 5.74) is 11.4. The van der Waals surface area contributed by atoms with Crippen molar-refractivity contribution < 1.29 is 26.2 Å². The van der Waals surface area contributed by atoms with Crippen molar-refractivity contribution in [2.45, 2.75) is 105 Å². The zero-order chi connectivity index (χ0) is 34.2. The van der Waals surface area contributed by atoms with Crippen LogP contribution in [0.15, 0.2) is 109 Å². The molecule has 2 radical (unpaired) electrons. The first-order valence-electron chi connectivity index (χ1n) is 17.6. The van der Waals surface area contributed by atoms with Gasteiger partial charge in [-0.2, -0.15) is 12.1 Å². The van der Waals surface area contributed by atoms with Crippen molar-refractivity contribution in [1.82, 2.24) is 0 Å². The summed E-state index contributed by atoms with van der Waals surface area (Å²) in [5.74, 6) is 0. The molecule has 0 atom stereocenters. The van der Waals surface area contributed by atoms with Crippen LogP contribution in [0.1, 0.15) is 90.5 Å². The number of rotatable bonds is 6. The molecule has 6 aromatic carbocycles. The van der Waals surface area contributed by atoms with Gasteiger partial charge in [-0.05, 0) is 45.9 Å². The Bertz CT molecular complexity index is 1700. The molecule has 0 aromatic heterocycles. The average Bonchev–Trinajstić information content (AvgIpc) is 3.65. The maximum absolute atomic E-state index is 2.37. The Kier molecular flexibility index (Phi) is 18.4. The van der Waals surface area contributed by atoms with Gasteiger partial charge in [0.2, 0.25) is 0 Å². The zero-order valence-corrected chi connectivity index (χ0v) is 36.7. The van der Waals surface area contributed by atoms with Gasteiger partial charge in [0.05, 0.1) is 0 Å². The maximum Gasteiger partial charge on any atom is 4.00 e. The van der Waals surface area contributed by atoms with E-state index >= 15 is 0 Å². The van der Waals surface area contributed by atoms with Gasteiger partial charge in [0.25, 0.3) is 0 Å². The molecular weight excluding hydrogens is 696 g/mol. The molecule has 0 unspecified atom stereocenters. The summed E-state index contributed by atoms with van der Waals surface area (Å²) < 4.78 is 0. The monoisotopic (exact) mass is 756 g/mol. The predicted molar refractivity (Wildman–Crippen MR) is 226 cm³/mol. The summed E-state index contributed by atoms with van der Waals surface area (Å²) in [6, 6.07) is 40.8. The fourth-order valence-corrected chi connectivity index (χ4v) is 6.26. The third kappa shape index (κ3) is 11.6. The fourth-order valence-electron chi connectivity index (χ4n) is 6.26. The van der Waals surface area contributed by atoms with Crippen molar-refractivity contribution in [1.29, 1.82) is 0 Å². The van der Waals surface area contributed by atoms with E-state index in [1.165, 1.54) is 78.9 Å². The van der Waals surface area contributed by atoms with E-state index < -0.39 is 0 Å². The van der Waals surface area contributed by atoms with Crippen molar-refractivity contribution in [3.63, 3.8) is 0 Å². The predicted octanol–water partition coefficient (Wildman–Crippen LogP) is 14.6. The molecule has 6 aromatic rings. The molecule has 0 bridgehead atoms.